The van der Waals surface area contributed by atoms with E-state index in [4.69, 9.17) is 4.74 Å². The molecule has 1 heterocycles. The highest BCUT2D eigenvalue weighted by Gasteiger charge is 2.35. The number of thioether (sulfide) groups is 1. The molecule has 3 aromatic rings. The lowest BCUT2D eigenvalue weighted by Gasteiger charge is -2.30. The van der Waals surface area contributed by atoms with Crippen molar-refractivity contribution in [3.63, 3.8) is 0 Å². The first-order valence-electron chi connectivity index (χ1n) is 12.4. The van der Waals surface area contributed by atoms with Crippen LogP contribution in [0.2, 0.25) is 0 Å². The second-order valence-corrected chi connectivity index (χ2v) is 10.1. The second-order valence-electron chi connectivity index (χ2n) is 9.15. The van der Waals surface area contributed by atoms with E-state index < -0.39 is 5.92 Å². The van der Waals surface area contributed by atoms with Gasteiger partial charge in [0.25, 0.3) is 5.91 Å². The van der Waals surface area contributed by atoms with E-state index in [9.17, 15) is 14.9 Å². The highest BCUT2D eigenvalue weighted by atomic mass is 32.2. The highest BCUT2D eigenvalue weighted by Crippen LogP contribution is 2.41. The largest absolute Gasteiger partial charge is 0.495 e. The number of aryl methyl sites for hydroxylation is 2. The third kappa shape index (κ3) is 6.33. The Hall–Kier alpha value is -4.48. The first kappa shape index (κ1) is 27.6. The number of allylic oxidation sites excluding steroid dienone is 2. The summed E-state index contributed by atoms with van der Waals surface area (Å²) in [4.78, 5) is 26.4. The number of rotatable bonds is 8. The van der Waals surface area contributed by atoms with Crippen molar-refractivity contribution in [2.24, 2.45) is 0 Å². The van der Waals surface area contributed by atoms with Gasteiger partial charge in [-0.25, -0.2) is 0 Å². The van der Waals surface area contributed by atoms with E-state index in [2.05, 4.69) is 22.0 Å². The summed E-state index contributed by atoms with van der Waals surface area (Å²) in [5.74, 6) is -0.517. The first-order chi connectivity index (χ1) is 18.8. The minimum Gasteiger partial charge on any atom is -0.495 e. The van der Waals surface area contributed by atoms with Gasteiger partial charge >= 0.3 is 0 Å². The zero-order chi connectivity index (χ0) is 27.9. The van der Waals surface area contributed by atoms with Gasteiger partial charge in [-0.1, -0.05) is 60.3 Å². The average Bonchev–Trinajstić information content (AvgIpc) is 2.94. The molecule has 0 bridgehead atoms. The van der Waals surface area contributed by atoms with Crippen LogP contribution in [0.4, 0.5) is 11.4 Å². The molecule has 0 spiro atoms. The summed E-state index contributed by atoms with van der Waals surface area (Å²) in [7, 11) is 1.54. The van der Waals surface area contributed by atoms with Crippen LogP contribution in [0.1, 0.15) is 29.5 Å². The zero-order valence-electron chi connectivity index (χ0n) is 22.3. The van der Waals surface area contributed by atoms with Gasteiger partial charge in [0.05, 0.1) is 41.1 Å². The van der Waals surface area contributed by atoms with Gasteiger partial charge < -0.3 is 20.7 Å². The fourth-order valence-electron chi connectivity index (χ4n) is 4.40. The van der Waals surface area contributed by atoms with Gasteiger partial charge in [-0.3, -0.25) is 9.59 Å². The fourth-order valence-corrected chi connectivity index (χ4v) is 5.29. The van der Waals surface area contributed by atoms with E-state index in [1.54, 1.807) is 26.2 Å². The van der Waals surface area contributed by atoms with Gasteiger partial charge in [-0.05, 0) is 61.7 Å². The summed E-state index contributed by atoms with van der Waals surface area (Å²) in [5, 5.41) is 19.9. The lowest BCUT2D eigenvalue weighted by Crippen LogP contribution is -2.31. The van der Waals surface area contributed by atoms with Gasteiger partial charge in [0.15, 0.2) is 0 Å². The third-order valence-corrected chi connectivity index (χ3v) is 7.54. The van der Waals surface area contributed by atoms with Gasteiger partial charge in [-0.2, -0.15) is 5.26 Å². The molecule has 4 rings (SSSR count). The van der Waals surface area contributed by atoms with E-state index in [1.165, 1.54) is 11.8 Å². The molecule has 1 aliphatic rings. The van der Waals surface area contributed by atoms with E-state index in [-0.39, 0.29) is 17.6 Å². The average molecular weight is 539 g/mol. The molecule has 0 radical (unpaired) electrons. The molecule has 3 aromatic carbocycles. The lowest BCUT2D eigenvalue weighted by atomic mass is 9.82. The molecule has 3 N–H and O–H groups in total. The van der Waals surface area contributed by atoms with Crippen molar-refractivity contribution < 1.29 is 14.3 Å². The normalized spacial score (nSPS) is 14.8. The molecule has 1 atom stereocenters. The molecular weight excluding hydrogens is 508 g/mol. The Morgan fingerprint density at radius 1 is 0.974 bits per heavy atom. The first-order valence-corrected chi connectivity index (χ1v) is 13.4. The van der Waals surface area contributed by atoms with Crippen LogP contribution in [0, 0.1) is 25.2 Å². The maximum absolute atomic E-state index is 13.7. The Morgan fingerprint density at radius 3 is 2.38 bits per heavy atom. The zero-order valence-corrected chi connectivity index (χ0v) is 23.1. The van der Waals surface area contributed by atoms with Gasteiger partial charge in [-0.15, -0.1) is 0 Å². The van der Waals surface area contributed by atoms with Crippen LogP contribution >= 0.6 is 11.8 Å². The molecule has 8 heteroatoms. The van der Waals surface area contributed by atoms with E-state index in [1.807, 2.05) is 74.5 Å². The number of methoxy groups -OCH3 is 1. The predicted octanol–water partition coefficient (Wildman–Crippen LogP) is 6.02. The van der Waals surface area contributed by atoms with Crippen molar-refractivity contribution in [3.05, 3.63) is 111 Å². The maximum Gasteiger partial charge on any atom is 0.254 e. The van der Waals surface area contributed by atoms with Gasteiger partial charge in [0, 0.05) is 17.0 Å². The van der Waals surface area contributed by atoms with E-state index >= 15 is 0 Å². The predicted molar refractivity (Wildman–Crippen MR) is 156 cm³/mol. The Morgan fingerprint density at radius 2 is 1.69 bits per heavy atom. The highest BCUT2D eigenvalue weighted by molar-refractivity contribution is 8.03. The number of anilines is 2. The Kier molecular flexibility index (Phi) is 8.74. The van der Waals surface area contributed by atoms with Crippen molar-refractivity contribution in [1.82, 2.24) is 5.32 Å². The van der Waals surface area contributed by atoms with Crippen LogP contribution in [0.3, 0.4) is 0 Å². The van der Waals surface area contributed by atoms with Crippen LogP contribution in [0.25, 0.3) is 0 Å². The quantitative estimate of drug-likeness (QED) is 0.324. The second kappa shape index (κ2) is 12.4. The van der Waals surface area contributed by atoms with Crippen molar-refractivity contribution >= 4 is 35.0 Å². The van der Waals surface area contributed by atoms with Crippen molar-refractivity contribution in [3.8, 4) is 11.8 Å². The number of para-hydroxylation sites is 2. The summed E-state index contributed by atoms with van der Waals surface area (Å²) >= 11 is 1.24. The van der Waals surface area contributed by atoms with Gasteiger partial charge in [0.2, 0.25) is 5.91 Å². The number of nitriles is 1. The van der Waals surface area contributed by atoms with Crippen LogP contribution < -0.4 is 20.7 Å². The Labute approximate surface area is 233 Å². The number of hydrogen-bond acceptors (Lipinski definition) is 6. The summed E-state index contributed by atoms with van der Waals surface area (Å²) in [6.45, 7) is 5.82. The molecular formula is C31H30N4O3S. The smallest absolute Gasteiger partial charge is 0.254 e. The summed E-state index contributed by atoms with van der Waals surface area (Å²) in [6, 6.07) is 24.7. The van der Waals surface area contributed by atoms with Crippen molar-refractivity contribution in [2.75, 3.05) is 23.5 Å². The monoisotopic (exact) mass is 538 g/mol. The number of benzene rings is 3. The number of carbonyl (C=O) groups is 2. The molecule has 2 amide bonds. The molecule has 0 saturated carbocycles. The molecule has 0 unspecified atom stereocenters. The SMILES string of the molecule is COc1ccccc1NC(=O)C1=C(C)NC(SCC(=O)Nc2ccc(C)c(C)c2)=C(C#N)[C@@H]1c1ccccc1. The van der Waals surface area contributed by atoms with E-state index in [0.717, 1.165) is 22.4 Å². The summed E-state index contributed by atoms with van der Waals surface area (Å²) < 4.78 is 5.39. The third-order valence-electron chi connectivity index (χ3n) is 6.52. The molecule has 198 valence electrons. The molecule has 0 aliphatic carbocycles. The fraction of sp³-hybridized carbons (Fsp3) is 0.194. The molecule has 0 aromatic heterocycles. The van der Waals surface area contributed by atoms with Gasteiger partial charge in [0.1, 0.15) is 5.75 Å². The standard InChI is InChI=1S/C31H30N4O3S/c1-19-14-15-23(16-20(19)2)34-27(36)18-39-31-24(17-32)29(22-10-6-5-7-11-22)28(21(3)33-31)30(37)35-25-12-8-9-13-26(25)38-4/h5-16,29,33H,18H2,1-4H3,(H,34,36)(H,35,37)/t29-/m0/s1. The summed E-state index contributed by atoms with van der Waals surface area (Å²) in [5.41, 5.74) is 5.70. The topological polar surface area (TPSA) is 103 Å². The van der Waals surface area contributed by atoms with Crippen molar-refractivity contribution in [2.45, 2.75) is 26.7 Å². The van der Waals surface area contributed by atoms with Crippen LogP contribution in [-0.4, -0.2) is 24.7 Å². The number of carbonyl (C=O) groups excluding carboxylic acids is 2. The van der Waals surface area contributed by atoms with Crippen LogP contribution in [0.5, 0.6) is 5.75 Å². The Bertz CT molecular complexity index is 1510. The molecule has 1 aliphatic heterocycles. The minimum absolute atomic E-state index is 0.0952. The van der Waals surface area contributed by atoms with E-state index in [0.29, 0.717) is 33.3 Å². The minimum atomic E-state index is -0.613. The number of nitrogens with zero attached hydrogens (tertiary/aromatic N) is 1. The maximum atomic E-state index is 13.7. The molecule has 7 nitrogen and oxygen atoms in total. The lowest BCUT2D eigenvalue weighted by molar-refractivity contribution is -0.114. The number of ether oxygens (including phenoxy) is 1. The molecule has 0 saturated heterocycles. The Balaban J connectivity index is 1.61. The molecule has 0 fully saturated rings. The van der Waals surface area contributed by atoms with Crippen LogP contribution in [-0.2, 0) is 9.59 Å². The number of nitrogens with one attached hydrogen (secondary N) is 3. The van der Waals surface area contributed by atoms with Crippen molar-refractivity contribution in [1.29, 1.82) is 5.26 Å². The van der Waals surface area contributed by atoms with Crippen LogP contribution in [0.15, 0.2) is 94.7 Å². The summed E-state index contributed by atoms with van der Waals surface area (Å²) in [6.07, 6.45) is 0. The number of dihydropyridines is 1. The number of amides is 2. The number of hydrogen-bond donors (Lipinski definition) is 3. The molecule has 39 heavy (non-hydrogen) atoms.